The van der Waals surface area contributed by atoms with Gasteiger partial charge in [0.1, 0.15) is 0 Å². The van der Waals surface area contributed by atoms with Gasteiger partial charge in [0, 0.05) is 32.3 Å². The molecule has 1 heterocycles. The number of nitrogens with zero attached hydrogens (tertiary/aromatic N) is 1. The van der Waals surface area contributed by atoms with Crippen molar-refractivity contribution in [2.45, 2.75) is 51.7 Å². The van der Waals surface area contributed by atoms with Crippen LogP contribution in [0.2, 0.25) is 0 Å². The first-order chi connectivity index (χ1) is 10.7. The number of hydrogen-bond donors (Lipinski definition) is 1. The van der Waals surface area contributed by atoms with E-state index >= 15 is 0 Å². The van der Waals surface area contributed by atoms with Gasteiger partial charge in [0.05, 0.1) is 12.1 Å². The minimum Gasteiger partial charge on any atom is -0.388 e. The predicted octanol–water partition coefficient (Wildman–Crippen LogP) is 4.02. The summed E-state index contributed by atoms with van der Waals surface area (Å²) < 4.78 is 5.71. The monoisotopic (exact) mass is 304 g/mol. The van der Waals surface area contributed by atoms with Crippen LogP contribution in [0.5, 0.6) is 0 Å². The van der Waals surface area contributed by atoms with Crippen molar-refractivity contribution in [3.63, 3.8) is 0 Å². The highest BCUT2D eigenvalue weighted by atomic mass is 16.5. The van der Waals surface area contributed by atoms with Crippen LogP contribution >= 0.6 is 0 Å². The van der Waals surface area contributed by atoms with Crippen molar-refractivity contribution in [2.75, 3.05) is 20.2 Å². The lowest BCUT2D eigenvalue weighted by molar-refractivity contribution is 0.0449. The number of nitrogens with one attached hydrogen (secondary N) is 1. The Bertz CT molecular complexity index is 412. The molecule has 0 aromatic heterocycles. The lowest BCUT2D eigenvalue weighted by Crippen LogP contribution is -2.38. The zero-order valence-corrected chi connectivity index (χ0v) is 14.5. The van der Waals surface area contributed by atoms with E-state index in [4.69, 9.17) is 4.74 Å². The maximum atomic E-state index is 5.71. The minimum atomic E-state index is 0.178. The number of allylic oxidation sites excluding steroid dienone is 3. The maximum Gasteiger partial charge on any atom is 0.0828 e. The Kier molecular flexibility index (Phi) is 8.68. The van der Waals surface area contributed by atoms with E-state index in [2.05, 4.69) is 48.5 Å². The van der Waals surface area contributed by atoms with Crippen LogP contribution in [0.1, 0.15) is 39.5 Å². The van der Waals surface area contributed by atoms with Gasteiger partial charge in [0.2, 0.25) is 0 Å². The molecule has 1 fully saturated rings. The van der Waals surface area contributed by atoms with Crippen molar-refractivity contribution in [3.05, 3.63) is 48.9 Å². The van der Waals surface area contributed by atoms with Gasteiger partial charge in [-0.1, -0.05) is 37.0 Å². The summed E-state index contributed by atoms with van der Waals surface area (Å²) in [7, 11) is 1.79. The van der Waals surface area contributed by atoms with Crippen molar-refractivity contribution >= 4 is 0 Å². The fraction of sp³-hybridized carbons (Fsp3) is 0.579. The van der Waals surface area contributed by atoms with E-state index in [1.165, 1.54) is 18.4 Å². The molecule has 0 aromatic rings. The number of methoxy groups -OCH3 is 1. The molecule has 0 bridgehead atoms. The summed E-state index contributed by atoms with van der Waals surface area (Å²) in [5.41, 5.74) is 2.40. The van der Waals surface area contributed by atoms with Gasteiger partial charge in [0.15, 0.2) is 0 Å². The van der Waals surface area contributed by atoms with E-state index in [1.54, 1.807) is 7.11 Å². The number of hydrogen-bond acceptors (Lipinski definition) is 3. The zero-order valence-electron chi connectivity index (χ0n) is 14.5. The standard InChI is InChI=1S/C19H32N2O/c1-6-10-17(7-2)12-13-20-16(4)15-19(22-5)18-11-9-14-21(18)8-3/h6-8,10,18-20H,3-4,9,11-15H2,1-2,5H3/b10-6-,17-7+. The molecule has 0 aliphatic carbocycles. The lowest BCUT2D eigenvalue weighted by atomic mass is 10.0. The summed E-state index contributed by atoms with van der Waals surface area (Å²) in [6, 6.07) is 0.426. The molecule has 1 rings (SSSR count). The van der Waals surface area contributed by atoms with Crippen LogP contribution in [0.4, 0.5) is 0 Å². The molecule has 124 valence electrons. The molecule has 2 unspecified atom stereocenters. The normalized spacial score (nSPS) is 20.4. The minimum absolute atomic E-state index is 0.178. The van der Waals surface area contributed by atoms with E-state index in [0.29, 0.717) is 6.04 Å². The number of rotatable bonds is 10. The van der Waals surface area contributed by atoms with Crippen LogP contribution in [0.15, 0.2) is 48.9 Å². The summed E-state index contributed by atoms with van der Waals surface area (Å²) in [5, 5.41) is 3.43. The second kappa shape index (κ2) is 10.3. The summed E-state index contributed by atoms with van der Waals surface area (Å²) in [6.45, 7) is 14.2. The summed E-state index contributed by atoms with van der Waals surface area (Å²) in [5.74, 6) is 0. The zero-order chi connectivity index (χ0) is 16.4. The van der Waals surface area contributed by atoms with Crippen molar-refractivity contribution in [1.82, 2.24) is 10.2 Å². The Morgan fingerprint density at radius 2 is 2.23 bits per heavy atom. The molecule has 22 heavy (non-hydrogen) atoms. The summed E-state index contributed by atoms with van der Waals surface area (Å²) in [6.07, 6.45) is 12.7. The molecular formula is C19H32N2O. The Balaban J connectivity index is 2.40. The molecule has 0 amide bonds. The summed E-state index contributed by atoms with van der Waals surface area (Å²) in [4.78, 5) is 2.30. The van der Waals surface area contributed by atoms with Crippen molar-refractivity contribution in [2.24, 2.45) is 0 Å². The molecule has 3 nitrogen and oxygen atoms in total. The second-order valence-electron chi connectivity index (χ2n) is 5.75. The van der Waals surface area contributed by atoms with Crippen LogP contribution in [-0.2, 0) is 4.74 Å². The van der Waals surface area contributed by atoms with E-state index in [-0.39, 0.29) is 6.10 Å². The molecule has 1 aliphatic rings. The molecule has 2 atom stereocenters. The molecule has 0 radical (unpaired) electrons. The molecule has 3 heteroatoms. The molecule has 1 N–H and O–H groups in total. The van der Waals surface area contributed by atoms with Gasteiger partial charge in [-0.2, -0.15) is 0 Å². The van der Waals surface area contributed by atoms with Gasteiger partial charge in [-0.3, -0.25) is 0 Å². The average molecular weight is 304 g/mol. The molecular weight excluding hydrogens is 272 g/mol. The number of likely N-dealkylation sites (tertiary alicyclic amines) is 1. The summed E-state index contributed by atoms with van der Waals surface area (Å²) >= 11 is 0. The SMILES string of the molecule is C=CN1CCCC1C(CC(=C)NCCC(/C=C\C)=C/C)OC. The Hall–Kier alpha value is -1.48. The van der Waals surface area contributed by atoms with Gasteiger partial charge in [-0.05, 0) is 39.3 Å². The van der Waals surface area contributed by atoms with Crippen molar-refractivity contribution in [1.29, 1.82) is 0 Å². The predicted molar refractivity (Wildman–Crippen MR) is 95.7 cm³/mol. The molecule has 0 spiro atoms. The first kappa shape index (κ1) is 18.6. The first-order valence-electron chi connectivity index (χ1n) is 8.26. The van der Waals surface area contributed by atoms with Crippen molar-refractivity contribution < 1.29 is 4.74 Å². The molecule has 0 saturated carbocycles. The maximum absolute atomic E-state index is 5.71. The van der Waals surface area contributed by atoms with Crippen LogP contribution in [0, 0.1) is 0 Å². The lowest BCUT2D eigenvalue weighted by Gasteiger charge is -2.30. The van der Waals surface area contributed by atoms with Gasteiger partial charge in [-0.25, -0.2) is 0 Å². The van der Waals surface area contributed by atoms with E-state index in [0.717, 1.165) is 31.6 Å². The fourth-order valence-corrected chi connectivity index (χ4v) is 3.05. The third-order valence-electron chi connectivity index (χ3n) is 4.30. The molecule has 1 aliphatic heterocycles. The quantitative estimate of drug-likeness (QED) is 0.617. The van der Waals surface area contributed by atoms with Crippen LogP contribution in [0.25, 0.3) is 0 Å². The fourth-order valence-electron chi connectivity index (χ4n) is 3.05. The third kappa shape index (κ3) is 5.72. The van der Waals surface area contributed by atoms with Gasteiger partial charge < -0.3 is 15.0 Å². The van der Waals surface area contributed by atoms with E-state index in [1.807, 2.05) is 13.1 Å². The third-order valence-corrected chi connectivity index (χ3v) is 4.30. The topological polar surface area (TPSA) is 24.5 Å². The van der Waals surface area contributed by atoms with Crippen LogP contribution in [-0.4, -0.2) is 37.2 Å². The van der Waals surface area contributed by atoms with Gasteiger partial charge in [0.25, 0.3) is 0 Å². The van der Waals surface area contributed by atoms with Crippen molar-refractivity contribution in [3.8, 4) is 0 Å². The molecule has 1 saturated heterocycles. The Morgan fingerprint density at radius 3 is 2.82 bits per heavy atom. The first-order valence-corrected chi connectivity index (χ1v) is 8.26. The highest BCUT2D eigenvalue weighted by molar-refractivity contribution is 5.17. The van der Waals surface area contributed by atoms with Crippen LogP contribution < -0.4 is 5.32 Å². The van der Waals surface area contributed by atoms with Crippen LogP contribution in [0.3, 0.4) is 0 Å². The largest absolute Gasteiger partial charge is 0.388 e. The smallest absolute Gasteiger partial charge is 0.0828 e. The Morgan fingerprint density at radius 1 is 1.45 bits per heavy atom. The van der Waals surface area contributed by atoms with Gasteiger partial charge in [-0.15, -0.1) is 0 Å². The average Bonchev–Trinajstić information content (AvgIpc) is 3.00. The highest BCUT2D eigenvalue weighted by Crippen LogP contribution is 2.24. The van der Waals surface area contributed by atoms with E-state index < -0.39 is 0 Å². The Labute approximate surface area is 136 Å². The molecule has 0 aromatic carbocycles. The van der Waals surface area contributed by atoms with E-state index in [9.17, 15) is 0 Å². The second-order valence-corrected chi connectivity index (χ2v) is 5.75. The van der Waals surface area contributed by atoms with Gasteiger partial charge >= 0.3 is 0 Å². The highest BCUT2D eigenvalue weighted by Gasteiger charge is 2.29. The number of ether oxygens (including phenoxy) is 1.